The molecule has 0 aliphatic carbocycles. The Morgan fingerprint density at radius 3 is 2.25 bits per heavy atom. The van der Waals surface area contributed by atoms with Gasteiger partial charge in [0.05, 0.1) is 0 Å². The first-order valence-corrected chi connectivity index (χ1v) is 2.13. The summed E-state index contributed by atoms with van der Waals surface area (Å²) in [4.78, 5) is 0. The number of rotatable bonds is 0. The Bertz CT molecular complexity index is 21.2. The van der Waals surface area contributed by atoms with Crippen LogP contribution >= 0.6 is 22.4 Å². The molecule has 0 spiro atoms. The molecule has 0 atom stereocenters. The number of hydrogen-bond donors (Lipinski definition) is 0. The van der Waals surface area contributed by atoms with Gasteiger partial charge < -0.3 is 0 Å². The van der Waals surface area contributed by atoms with E-state index in [2.05, 4.69) is 0 Å². The minimum atomic E-state index is 1.49. The molecule has 0 bridgehead atoms. The summed E-state index contributed by atoms with van der Waals surface area (Å²) in [6, 6.07) is 0. The van der Waals surface area contributed by atoms with Gasteiger partial charge >= 0.3 is 40.9 Å². The van der Waals surface area contributed by atoms with E-state index in [0.29, 0.717) is 0 Å². The van der Waals surface area contributed by atoms with Gasteiger partial charge in [-0.25, -0.2) is 0 Å². The van der Waals surface area contributed by atoms with Crippen molar-refractivity contribution in [1.82, 2.24) is 0 Å². The van der Waals surface area contributed by atoms with Crippen LogP contribution in [0.15, 0.2) is 0 Å². The molecule has 0 aromatic rings. The Labute approximate surface area is 41.2 Å². The van der Waals surface area contributed by atoms with Crippen LogP contribution < -0.4 is 0 Å². The molecule has 0 unspecified atom stereocenters. The standard InChI is InChI=1S/CHB2I/c2-1-3-4/h1H. The molecule has 0 aromatic carbocycles. The van der Waals surface area contributed by atoms with Crippen molar-refractivity contribution in [2.45, 2.75) is 0 Å². The first kappa shape index (κ1) is 4.73. The second-order valence-electron chi connectivity index (χ2n) is 0.318. The third kappa shape index (κ3) is 2.73. The number of halogens is 1. The van der Waals surface area contributed by atoms with Crippen LogP contribution in [0.25, 0.3) is 0 Å². The van der Waals surface area contributed by atoms with Crippen LogP contribution in [-0.4, -0.2) is 18.5 Å². The molecule has 0 aliphatic heterocycles. The molecule has 0 saturated heterocycles. The second kappa shape index (κ2) is 3.73. The zero-order valence-electron chi connectivity index (χ0n) is 2.11. The van der Waals surface area contributed by atoms with Crippen molar-refractivity contribution in [2.24, 2.45) is 0 Å². The molecule has 3 heteroatoms. The first-order valence-electron chi connectivity index (χ1n) is 0.885. The van der Waals surface area contributed by atoms with Crippen molar-refractivity contribution in [3.8, 4) is 0 Å². The predicted molar refractivity (Wildman–Crippen MR) is 31.6 cm³/mol. The van der Waals surface area contributed by atoms with Gasteiger partial charge in [-0.05, 0) is 0 Å². The van der Waals surface area contributed by atoms with Gasteiger partial charge in [-0.3, -0.25) is 0 Å². The Balaban J connectivity index is 2.55. The van der Waals surface area contributed by atoms with Gasteiger partial charge in [0.1, 0.15) is 0 Å². The summed E-state index contributed by atoms with van der Waals surface area (Å²) in [5.74, 6) is 1.49. The Kier molecular flexibility index (Phi) is 4.41. The van der Waals surface area contributed by atoms with Crippen molar-refractivity contribution in [2.75, 3.05) is 0 Å². The van der Waals surface area contributed by atoms with Gasteiger partial charge in [-0.15, -0.1) is 0 Å². The van der Waals surface area contributed by atoms with E-state index in [9.17, 15) is 0 Å². The average molecular weight is 162 g/mol. The van der Waals surface area contributed by atoms with E-state index < -0.39 is 0 Å². The maximum atomic E-state index is 4.84. The fraction of sp³-hybridized carbons (Fsp3) is 0. The number of hydrogen-bond acceptors (Lipinski definition) is 0. The normalized spacial score (nSPS) is 7.25. The Morgan fingerprint density at radius 1 is 2.00 bits per heavy atom. The quantitative estimate of drug-likeness (QED) is 0.346. The van der Waals surface area contributed by atoms with Crippen LogP contribution in [0.2, 0.25) is 0 Å². The van der Waals surface area contributed by atoms with E-state index in [-0.39, 0.29) is 0 Å². The van der Waals surface area contributed by atoms with Crippen LogP contribution in [-0.2, 0) is 0 Å². The summed E-state index contributed by atoms with van der Waals surface area (Å²) in [5.41, 5.74) is 0. The van der Waals surface area contributed by atoms with Crippen LogP contribution in [0.5, 0.6) is 0 Å². The second-order valence-corrected chi connectivity index (χ2v) is 1.04. The third-order valence-corrected chi connectivity index (χ3v) is 0.488. The van der Waals surface area contributed by atoms with E-state index in [1.54, 1.807) is 4.78 Å². The maximum absolute atomic E-state index is 4.84. The van der Waals surface area contributed by atoms with Gasteiger partial charge in [0.2, 0.25) is 0 Å². The van der Waals surface area contributed by atoms with E-state index in [0.717, 1.165) is 0 Å². The zero-order valence-corrected chi connectivity index (χ0v) is 4.27. The molecule has 4 heavy (non-hydrogen) atoms. The van der Waals surface area contributed by atoms with E-state index >= 15 is 0 Å². The Hall–Kier alpha value is 0.730. The van der Waals surface area contributed by atoms with Gasteiger partial charge in [0.15, 0.2) is 0 Å². The molecule has 0 rings (SSSR count). The van der Waals surface area contributed by atoms with Crippen LogP contribution in [0.4, 0.5) is 0 Å². The fourth-order valence-electron chi connectivity index (χ4n) is 0. The van der Waals surface area contributed by atoms with Crippen molar-refractivity contribution in [1.29, 1.82) is 0 Å². The van der Waals surface area contributed by atoms with Crippen LogP contribution in [0, 0.1) is 0 Å². The summed E-state index contributed by atoms with van der Waals surface area (Å²) >= 11 is 2.05. The summed E-state index contributed by atoms with van der Waals surface area (Å²) in [6.07, 6.45) is 0. The zero-order chi connectivity index (χ0) is 3.41. The molecule has 0 amide bonds. The summed E-state index contributed by atoms with van der Waals surface area (Å²) in [6.45, 7) is 0. The molecule has 2 radical (unpaired) electrons. The first-order chi connectivity index (χ1) is 1.91. The molecule has 18 valence electrons. The monoisotopic (exact) mass is 162 g/mol. The molecule has 0 aromatic heterocycles. The van der Waals surface area contributed by atoms with Crippen LogP contribution in [0.3, 0.4) is 0 Å². The predicted octanol–water partition coefficient (Wildman–Crippen LogP) is -0.0312. The summed E-state index contributed by atoms with van der Waals surface area (Å²) in [5, 5.41) is 0. The molecule has 0 heterocycles. The third-order valence-electron chi connectivity index (χ3n) is 0.0727. The van der Waals surface area contributed by atoms with Crippen molar-refractivity contribution in [3.05, 3.63) is 0 Å². The van der Waals surface area contributed by atoms with Crippen molar-refractivity contribution < 1.29 is 0 Å². The van der Waals surface area contributed by atoms with Gasteiger partial charge in [-0.2, -0.15) is 0 Å². The summed E-state index contributed by atoms with van der Waals surface area (Å²) < 4.78 is 1.75. The fourth-order valence-corrected chi connectivity index (χ4v) is 0. The van der Waals surface area contributed by atoms with Crippen LogP contribution in [0.1, 0.15) is 0 Å². The van der Waals surface area contributed by atoms with E-state index in [1.807, 2.05) is 22.4 Å². The molecule has 0 aliphatic rings. The minimum absolute atomic E-state index is 1.49. The van der Waals surface area contributed by atoms with Gasteiger partial charge in [-0.1, -0.05) is 0 Å². The molecule has 0 nitrogen and oxygen atoms in total. The van der Waals surface area contributed by atoms with Gasteiger partial charge in [0, 0.05) is 0 Å². The summed E-state index contributed by atoms with van der Waals surface area (Å²) in [7, 11) is 4.84. The van der Waals surface area contributed by atoms with E-state index in [1.165, 1.54) is 5.87 Å². The van der Waals surface area contributed by atoms with Crippen molar-refractivity contribution >= 4 is 40.9 Å². The van der Waals surface area contributed by atoms with E-state index in [4.69, 9.17) is 7.85 Å². The Morgan fingerprint density at radius 2 is 2.25 bits per heavy atom. The average Bonchev–Trinajstić information content (AvgIpc) is 1.37. The molecule has 0 N–H and O–H groups in total. The van der Waals surface area contributed by atoms with Gasteiger partial charge in [0.25, 0.3) is 0 Å². The molecule has 0 saturated carbocycles. The topological polar surface area (TPSA) is 0 Å². The SMILES string of the molecule is [B]C=BI. The van der Waals surface area contributed by atoms with Crippen molar-refractivity contribution in [3.63, 3.8) is 0 Å². The molecule has 0 fully saturated rings. The molecular formula is CHB2I. The molecular weight excluding hydrogens is 161 g/mol.